The molecule has 136 valence electrons. The molecule has 0 radical (unpaired) electrons. The standard InChI is InChI=1S/C19H27N3O3/c1-4-20-10-12-21(13-11-20)19(25)8-9-22(16(3)24)18-7-5-6-17(14-18)15(2)23/h5-7,14H,4,8-13H2,1-3H3. The third kappa shape index (κ3) is 5.13. The fraction of sp³-hybridized carbons (Fsp3) is 0.526. The number of Topliss-reactive ketones (excluding diaryl/α,β-unsaturated/α-hetero) is 1. The zero-order chi connectivity index (χ0) is 18.4. The van der Waals surface area contributed by atoms with E-state index < -0.39 is 0 Å². The molecule has 1 fully saturated rings. The van der Waals surface area contributed by atoms with Crippen LogP contribution in [0.15, 0.2) is 24.3 Å². The second kappa shape index (κ2) is 8.76. The molecule has 0 aliphatic carbocycles. The highest BCUT2D eigenvalue weighted by atomic mass is 16.2. The molecule has 0 unspecified atom stereocenters. The Morgan fingerprint density at radius 2 is 1.76 bits per heavy atom. The monoisotopic (exact) mass is 345 g/mol. The van der Waals surface area contributed by atoms with Gasteiger partial charge in [0.05, 0.1) is 0 Å². The van der Waals surface area contributed by atoms with Crippen LogP contribution in [0.1, 0.15) is 37.6 Å². The highest BCUT2D eigenvalue weighted by Crippen LogP contribution is 2.18. The van der Waals surface area contributed by atoms with E-state index >= 15 is 0 Å². The Balaban J connectivity index is 1.98. The van der Waals surface area contributed by atoms with Crippen LogP contribution in [0.3, 0.4) is 0 Å². The summed E-state index contributed by atoms with van der Waals surface area (Å²) in [6, 6.07) is 6.98. The van der Waals surface area contributed by atoms with E-state index in [1.807, 2.05) is 4.90 Å². The summed E-state index contributed by atoms with van der Waals surface area (Å²) in [6.07, 6.45) is 0.288. The Morgan fingerprint density at radius 1 is 1.08 bits per heavy atom. The van der Waals surface area contributed by atoms with Gasteiger partial charge in [0.2, 0.25) is 11.8 Å². The molecule has 6 nitrogen and oxygen atoms in total. The van der Waals surface area contributed by atoms with E-state index in [9.17, 15) is 14.4 Å². The fourth-order valence-electron chi connectivity index (χ4n) is 3.04. The molecule has 6 heteroatoms. The lowest BCUT2D eigenvalue weighted by molar-refractivity contribution is -0.132. The number of nitrogens with zero attached hydrogens (tertiary/aromatic N) is 3. The summed E-state index contributed by atoms with van der Waals surface area (Å²) in [5.74, 6) is -0.107. The highest BCUT2D eigenvalue weighted by molar-refractivity contribution is 5.97. The second-order valence-electron chi connectivity index (χ2n) is 6.34. The molecule has 1 saturated heterocycles. The van der Waals surface area contributed by atoms with Gasteiger partial charge in [-0.2, -0.15) is 0 Å². The number of hydrogen-bond donors (Lipinski definition) is 0. The summed E-state index contributed by atoms with van der Waals surface area (Å²) in [7, 11) is 0. The van der Waals surface area contributed by atoms with Crippen LogP contribution in [0.5, 0.6) is 0 Å². The number of ketones is 1. The van der Waals surface area contributed by atoms with Crippen LogP contribution in [0.2, 0.25) is 0 Å². The summed E-state index contributed by atoms with van der Waals surface area (Å²) >= 11 is 0. The number of piperazine rings is 1. The lowest BCUT2D eigenvalue weighted by Crippen LogP contribution is -2.49. The van der Waals surface area contributed by atoms with Crippen molar-refractivity contribution in [3.05, 3.63) is 29.8 Å². The van der Waals surface area contributed by atoms with Crippen molar-refractivity contribution in [3.63, 3.8) is 0 Å². The first kappa shape index (κ1) is 19.1. The fourth-order valence-corrected chi connectivity index (χ4v) is 3.04. The Kier molecular flexibility index (Phi) is 6.70. The number of carbonyl (C=O) groups is 3. The van der Waals surface area contributed by atoms with Gasteiger partial charge in [-0.3, -0.25) is 14.4 Å². The van der Waals surface area contributed by atoms with Gasteiger partial charge < -0.3 is 14.7 Å². The van der Waals surface area contributed by atoms with E-state index in [0.29, 0.717) is 17.8 Å². The molecule has 1 aliphatic rings. The van der Waals surface area contributed by atoms with E-state index in [0.717, 1.165) is 32.7 Å². The lowest BCUT2D eigenvalue weighted by Gasteiger charge is -2.34. The molecule has 1 aliphatic heterocycles. The molecule has 2 rings (SSSR count). The molecule has 0 atom stereocenters. The quantitative estimate of drug-likeness (QED) is 0.738. The maximum absolute atomic E-state index is 12.4. The van der Waals surface area contributed by atoms with Crippen LogP contribution < -0.4 is 4.90 Å². The van der Waals surface area contributed by atoms with Crippen molar-refractivity contribution in [2.75, 3.05) is 44.2 Å². The molecule has 1 aromatic rings. The van der Waals surface area contributed by atoms with Gasteiger partial charge in [0.25, 0.3) is 0 Å². The minimum atomic E-state index is -0.135. The van der Waals surface area contributed by atoms with Gasteiger partial charge in [-0.1, -0.05) is 19.1 Å². The highest BCUT2D eigenvalue weighted by Gasteiger charge is 2.21. The molecule has 1 aromatic carbocycles. The third-order valence-electron chi connectivity index (χ3n) is 4.67. The van der Waals surface area contributed by atoms with Crippen LogP contribution in [0, 0.1) is 0 Å². The Labute approximate surface area is 149 Å². The van der Waals surface area contributed by atoms with Gasteiger partial charge in [0.15, 0.2) is 5.78 Å². The lowest BCUT2D eigenvalue weighted by atomic mass is 10.1. The van der Waals surface area contributed by atoms with Crippen LogP contribution in [0.25, 0.3) is 0 Å². The molecular weight excluding hydrogens is 318 g/mol. The third-order valence-corrected chi connectivity index (χ3v) is 4.67. The molecule has 0 saturated carbocycles. The van der Waals surface area contributed by atoms with Crippen molar-refractivity contribution >= 4 is 23.3 Å². The van der Waals surface area contributed by atoms with Gasteiger partial charge in [-0.15, -0.1) is 0 Å². The van der Waals surface area contributed by atoms with Crippen LogP contribution >= 0.6 is 0 Å². The maximum Gasteiger partial charge on any atom is 0.224 e. The van der Waals surface area contributed by atoms with Gasteiger partial charge in [0, 0.05) is 57.3 Å². The number of benzene rings is 1. The minimum absolute atomic E-state index is 0.0461. The Morgan fingerprint density at radius 3 is 2.32 bits per heavy atom. The SMILES string of the molecule is CCN1CCN(C(=O)CCN(C(C)=O)c2cccc(C(C)=O)c2)CC1. The Bertz CT molecular complexity index is 637. The van der Waals surface area contributed by atoms with E-state index in [4.69, 9.17) is 0 Å². The van der Waals surface area contributed by atoms with Crippen LogP contribution in [0.4, 0.5) is 5.69 Å². The number of amides is 2. The van der Waals surface area contributed by atoms with Crippen molar-refractivity contribution in [1.29, 1.82) is 0 Å². The van der Waals surface area contributed by atoms with E-state index in [2.05, 4.69) is 11.8 Å². The van der Waals surface area contributed by atoms with Crippen molar-refractivity contribution in [2.45, 2.75) is 27.2 Å². The molecule has 0 N–H and O–H groups in total. The zero-order valence-corrected chi connectivity index (χ0v) is 15.3. The number of hydrogen-bond acceptors (Lipinski definition) is 4. The molecule has 0 aromatic heterocycles. The normalized spacial score (nSPS) is 15.1. The summed E-state index contributed by atoms with van der Waals surface area (Å²) in [5.41, 5.74) is 1.22. The molecule has 25 heavy (non-hydrogen) atoms. The zero-order valence-electron chi connectivity index (χ0n) is 15.3. The van der Waals surface area contributed by atoms with Crippen LogP contribution in [-0.2, 0) is 9.59 Å². The van der Waals surface area contributed by atoms with Gasteiger partial charge in [0.1, 0.15) is 0 Å². The number of likely N-dealkylation sites (N-methyl/N-ethyl adjacent to an activating group) is 1. The number of carbonyl (C=O) groups excluding carboxylic acids is 3. The van der Waals surface area contributed by atoms with E-state index in [-0.39, 0.29) is 24.0 Å². The average Bonchev–Trinajstić information content (AvgIpc) is 2.61. The summed E-state index contributed by atoms with van der Waals surface area (Å²) in [5, 5.41) is 0. The molecule has 2 amide bonds. The van der Waals surface area contributed by atoms with Crippen LogP contribution in [-0.4, -0.2) is 66.7 Å². The maximum atomic E-state index is 12.4. The average molecular weight is 345 g/mol. The summed E-state index contributed by atoms with van der Waals surface area (Å²) < 4.78 is 0. The van der Waals surface area contributed by atoms with E-state index in [1.54, 1.807) is 29.2 Å². The Hall–Kier alpha value is -2.21. The van der Waals surface area contributed by atoms with E-state index in [1.165, 1.54) is 13.8 Å². The molecule has 1 heterocycles. The van der Waals surface area contributed by atoms with Crippen molar-refractivity contribution < 1.29 is 14.4 Å². The number of rotatable bonds is 6. The molecule has 0 spiro atoms. The second-order valence-corrected chi connectivity index (χ2v) is 6.34. The largest absolute Gasteiger partial charge is 0.340 e. The predicted molar refractivity (Wildman–Crippen MR) is 97.8 cm³/mol. The topological polar surface area (TPSA) is 60.9 Å². The summed E-state index contributed by atoms with van der Waals surface area (Å²) in [4.78, 5) is 41.7. The smallest absolute Gasteiger partial charge is 0.224 e. The molecular formula is C19H27N3O3. The first-order valence-corrected chi connectivity index (χ1v) is 8.81. The summed E-state index contributed by atoms with van der Waals surface area (Å²) in [6.45, 7) is 9.72. The van der Waals surface area contributed by atoms with Gasteiger partial charge in [-0.25, -0.2) is 0 Å². The minimum Gasteiger partial charge on any atom is -0.340 e. The predicted octanol–water partition coefficient (Wildman–Crippen LogP) is 1.80. The first-order valence-electron chi connectivity index (χ1n) is 8.81. The van der Waals surface area contributed by atoms with Gasteiger partial charge >= 0.3 is 0 Å². The first-order chi connectivity index (χ1) is 11.9. The van der Waals surface area contributed by atoms with Crippen molar-refractivity contribution in [1.82, 2.24) is 9.80 Å². The number of anilines is 1. The van der Waals surface area contributed by atoms with Crippen molar-refractivity contribution in [3.8, 4) is 0 Å². The van der Waals surface area contributed by atoms with Gasteiger partial charge in [-0.05, 0) is 25.6 Å². The molecule has 0 bridgehead atoms. The van der Waals surface area contributed by atoms with Crippen molar-refractivity contribution in [2.24, 2.45) is 0 Å².